The van der Waals surface area contributed by atoms with Crippen LogP contribution < -0.4 is 4.74 Å². The van der Waals surface area contributed by atoms with Crippen molar-refractivity contribution in [1.82, 2.24) is 4.98 Å². The van der Waals surface area contributed by atoms with Gasteiger partial charge in [-0.3, -0.25) is 0 Å². The fourth-order valence-corrected chi connectivity index (χ4v) is 4.06. The molecule has 1 fully saturated rings. The van der Waals surface area contributed by atoms with E-state index in [1.165, 1.54) is 6.26 Å². The molecule has 0 spiro atoms. The van der Waals surface area contributed by atoms with Crippen molar-refractivity contribution in [2.75, 3.05) is 0 Å². The summed E-state index contributed by atoms with van der Waals surface area (Å²) < 4.78 is 10.8. The molecule has 168 valence electrons. The van der Waals surface area contributed by atoms with Crippen molar-refractivity contribution in [3.8, 4) is 5.75 Å². The third-order valence-corrected chi connectivity index (χ3v) is 5.84. The van der Waals surface area contributed by atoms with Gasteiger partial charge >= 0.3 is 11.9 Å². The molecule has 0 amide bonds. The Morgan fingerprint density at radius 1 is 0.912 bits per heavy atom. The summed E-state index contributed by atoms with van der Waals surface area (Å²) in [6.07, 6.45) is 7.54. The van der Waals surface area contributed by atoms with Crippen LogP contribution in [0.4, 0.5) is 0 Å². The first-order valence-corrected chi connectivity index (χ1v) is 10.9. The van der Waals surface area contributed by atoms with E-state index < -0.39 is 11.9 Å². The highest BCUT2D eigenvalue weighted by Crippen LogP contribution is 2.55. The third-order valence-electron chi connectivity index (χ3n) is 5.84. The van der Waals surface area contributed by atoms with Gasteiger partial charge in [0.05, 0.1) is 17.3 Å². The van der Waals surface area contributed by atoms with Gasteiger partial charge in [0.25, 0.3) is 0 Å². The Labute approximate surface area is 196 Å². The smallest absolute Gasteiger partial charge is 0.343 e. The maximum absolute atomic E-state index is 12.8. The van der Waals surface area contributed by atoms with Gasteiger partial charge in [0.1, 0.15) is 12.0 Å². The van der Waals surface area contributed by atoms with E-state index in [-0.39, 0.29) is 11.8 Å². The molecule has 4 aromatic rings. The molecule has 3 aromatic carbocycles. The molecule has 1 N–H and O–H groups in total. The Bertz CT molecular complexity index is 1370. The molecule has 1 aliphatic carbocycles. The van der Waals surface area contributed by atoms with E-state index >= 15 is 0 Å². The number of oxazole rings is 1. The van der Waals surface area contributed by atoms with Crippen LogP contribution in [0, 0.1) is 0 Å². The van der Waals surface area contributed by atoms with Gasteiger partial charge in [-0.15, -0.1) is 0 Å². The monoisotopic (exact) mass is 451 g/mol. The second kappa shape index (κ2) is 9.19. The van der Waals surface area contributed by atoms with Crippen molar-refractivity contribution < 1.29 is 23.8 Å². The Morgan fingerprint density at radius 2 is 1.65 bits per heavy atom. The van der Waals surface area contributed by atoms with Gasteiger partial charge in [0, 0.05) is 6.08 Å². The zero-order valence-corrected chi connectivity index (χ0v) is 18.1. The number of ether oxygens (including phenoxy) is 1. The van der Waals surface area contributed by atoms with Crippen LogP contribution in [0.5, 0.6) is 5.75 Å². The number of hydrogen-bond donors (Lipinski definition) is 1. The van der Waals surface area contributed by atoms with Crippen LogP contribution in [0.3, 0.4) is 0 Å². The van der Waals surface area contributed by atoms with Crippen LogP contribution in [-0.4, -0.2) is 22.0 Å². The number of nitrogens with zero attached hydrogens (tertiary/aromatic N) is 1. The summed E-state index contributed by atoms with van der Waals surface area (Å²) in [6, 6.07) is 21.7. The molecule has 0 radical (unpaired) electrons. The fraction of sp³-hybridized carbons (Fsp3) is 0.107. The molecule has 1 aromatic heterocycles. The Hall–Kier alpha value is -4.45. The molecule has 34 heavy (non-hydrogen) atoms. The van der Waals surface area contributed by atoms with Gasteiger partial charge in [-0.2, -0.15) is 0 Å². The van der Waals surface area contributed by atoms with Crippen molar-refractivity contribution in [3.05, 3.63) is 119 Å². The van der Waals surface area contributed by atoms with E-state index in [0.717, 1.165) is 23.1 Å². The topological polar surface area (TPSA) is 89.6 Å². The number of aromatic carboxylic acids is 1. The van der Waals surface area contributed by atoms with E-state index in [9.17, 15) is 14.7 Å². The molecule has 1 aliphatic rings. The standard InChI is InChI=1S/C28H21NO5/c30-27(31)21-7-2-5-19(15-21)24-17-25(24)20-6-3-9-23(16-20)34-28(32)22-8-1-4-18(14-22)10-11-26-29-12-13-33-26/h1-16,24-25H,17H2,(H,30,31)/b11-10+/t24-,25-/m1/s1. The summed E-state index contributed by atoms with van der Waals surface area (Å²) in [6.45, 7) is 0. The van der Waals surface area contributed by atoms with E-state index in [1.54, 1.807) is 54.7 Å². The van der Waals surface area contributed by atoms with Crippen LogP contribution in [0.2, 0.25) is 0 Å². The average Bonchev–Trinajstić information content (AvgIpc) is 3.49. The van der Waals surface area contributed by atoms with Gasteiger partial charge < -0.3 is 14.3 Å². The predicted octanol–water partition coefficient (Wildman–Crippen LogP) is 6.03. The second-order valence-corrected chi connectivity index (χ2v) is 8.17. The van der Waals surface area contributed by atoms with Gasteiger partial charge in [-0.05, 0) is 77.4 Å². The first-order valence-electron chi connectivity index (χ1n) is 10.9. The van der Waals surface area contributed by atoms with Crippen molar-refractivity contribution in [2.24, 2.45) is 0 Å². The normalized spacial score (nSPS) is 16.9. The average molecular weight is 451 g/mol. The lowest BCUT2D eigenvalue weighted by Crippen LogP contribution is -2.08. The Balaban J connectivity index is 1.27. The van der Waals surface area contributed by atoms with Crippen LogP contribution in [-0.2, 0) is 0 Å². The number of benzene rings is 3. The second-order valence-electron chi connectivity index (χ2n) is 8.17. The quantitative estimate of drug-likeness (QED) is 0.272. The molecule has 1 saturated carbocycles. The van der Waals surface area contributed by atoms with E-state index in [1.807, 2.05) is 36.4 Å². The summed E-state index contributed by atoms with van der Waals surface area (Å²) in [5, 5.41) is 9.24. The molecular formula is C28H21NO5. The van der Waals surface area contributed by atoms with E-state index in [4.69, 9.17) is 9.15 Å². The highest BCUT2D eigenvalue weighted by molar-refractivity contribution is 5.92. The Kier molecular flexibility index (Phi) is 5.79. The summed E-state index contributed by atoms with van der Waals surface area (Å²) in [4.78, 5) is 28.1. The highest BCUT2D eigenvalue weighted by atomic mass is 16.5. The maximum atomic E-state index is 12.8. The minimum Gasteiger partial charge on any atom is -0.478 e. The molecule has 6 heteroatoms. The van der Waals surface area contributed by atoms with E-state index in [0.29, 0.717) is 22.8 Å². The molecule has 1 heterocycles. The number of aromatic nitrogens is 1. The summed E-state index contributed by atoms with van der Waals surface area (Å²) >= 11 is 0. The summed E-state index contributed by atoms with van der Waals surface area (Å²) in [5.41, 5.74) is 3.64. The molecule has 2 atom stereocenters. The largest absolute Gasteiger partial charge is 0.478 e. The summed E-state index contributed by atoms with van der Waals surface area (Å²) in [7, 11) is 0. The zero-order valence-electron chi connectivity index (χ0n) is 18.1. The lowest BCUT2D eigenvalue weighted by molar-refractivity contribution is 0.0694. The molecule has 0 saturated heterocycles. The predicted molar refractivity (Wildman–Crippen MR) is 127 cm³/mol. The minimum atomic E-state index is -0.926. The number of carbonyl (C=O) groups excluding carboxylic acids is 1. The van der Waals surface area contributed by atoms with Gasteiger partial charge in [-0.1, -0.05) is 36.4 Å². The third kappa shape index (κ3) is 4.81. The van der Waals surface area contributed by atoms with Crippen LogP contribution in [0.25, 0.3) is 12.2 Å². The number of rotatable bonds is 7. The minimum absolute atomic E-state index is 0.261. The van der Waals surface area contributed by atoms with Crippen LogP contribution in [0.1, 0.15) is 61.6 Å². The lowest BCUT2D eigenvalue weighted by atomic mass is 10.0. The van der Waals surface area contributed by atoms with Crippen molar-refractivity contribution in [2.45, 2.75) is 18.3 Å². The SMILES string of the molecule is O=C(O)c1cccc([C@H]2C[C@@H]2c2cccc(OC(=O)c3cccc(/C=C/c4ncco4)c3)c2)c1. The highest BCUT2D eigenvalue weighted by Gasteiger charge is 2.39. The van der Waals surface area contributed by atoms with Gasteiger partial charge in [-0.25, -0.2) is 14.6 Å². The molecule has 0 bridgehead atoms. The number of carbonyl (C=O) groups is 2. The first kappa shape index (κ1) is 21.4. The van der Waals surface area contributed by atoms with Gasteiger partial charge in [0.2, 0.25) is 5.89 Å². The van der Waals surface area contributed by atoms with Crippen molar-refractivity contribution in [3.63, 3.8) is 0 Å². The Morgan fingerprint density at radius 3 is 2.41 bits per heavy atom. The van der Waals surface area contributed by atoms with Gasteiger partial charge in [0.15, 0.2) is 0 Å². The number of carboxylic acid groups (broad SMARTS) is 1. The number of carboxylic acids is 1. The zero-order chi connectivity index (χ0) is 23.5. The molecule has 0 unspecified atom stereocenters. The van der Waals surface area contributed by atoms with Crippen LogP contribution in [0.15, 0.2) is 89.7 Å². The first-order chi connectivity index (χ1) is 16.6. The molecule has 5 rings (SSSR count). The van der Waals surface area contributed by atoms with Crippen molar-refractivity contribution in [1.29, 1.82) is 0 Å². The number of hydrogen-bond acceptors (Lipinski definition) is 5. The van der Waals surface area contributed by atoms with Crippen LogP contribution >= 0.6 is 0 Å². The number of esters is 1. The molecular weight excluding hydrogens is 430 g/mol. The molecule has 0 aliphatic heterocycles. The summed E-state index contributed by atoms with van der Waals surface area (Å²) in [5.74, 6) is 0.130. The van der Waals surface area contributed by atoms with Crippen molar-refractivity contribution >= 4 is 24.1 Å². The van der Waals surface area contributed by atoms with E-state index in [2.05, 4.69) is 4.98 Å². The molecule has 6 nitrogen and oxygen atoms in total. The fourth-order valence-electron chi connectivity index (χ4n) is 4.06. The lowest BCUT2D eigenvalue weighted by Gasteiger charge is -2.08. The maximum Gasteiger partial charge on any atom is 0.343 e.